The molecule has 1 fully saturated rings. The Bertz CT molecular complexity index is 1150. The minimum atomic E-state index is -1.09. The van der Waals surface area contributed by atoms with Crippen molar-refractivity contribution in [2.45, 2.75) is 32.1 Å². The number of ether oxygens (including phenoxy) is 1. The third kappa shape index (κ3) is 4.86. The molecule has 10 nitrogen and oxygen atoms in total. The summed E-state index contributed by atoms with van der Waals surface area (Å²) in [5.41, 5.74) is -0.314. The fourth-order valence-electron chi connectivity index (χ4n) is 4.15. The summed E-state index contributed by atoms with van der Waals surface area (Å²) < 4.78 is 18.6. The Morgan fingerprint density at radius 1 is 1.33 bits per heavy atom. The van der Waals surface area contributed by atoms with Crippen molar-refractivity contribution < 1.29 is 23.5 Å². The van der Waals surface area contributed by atoms with Gasteiger partial charge in [-0.25, -0.2) is 4.39 Å². The maximum Gasteiger partial charge on any atom is 0.310 e. The third-order valence-corrected chi connectivity index (χ3v) is 5.69. The number of hydrogen-bond acceptors (Lipinski definition) is 7. The molecule has 0 bridgehead atoms. The number of piperidine rings is 1. The Labute approximate surface area is 188 Å². The highest BCUT2D eigenvalue weighted by Crippen LogP contribution is 2.31. The fourth-order valence-corrected chi connectivity index (χ4v) is 4.15. The second-order valence-corrected chi connectivity index (χ2v) is 7.99. The van der Waals surface area contributed by atoms with E-state index >= 15 is 0 Å². The molecule has 3 heterocycles. The molecular formula is C22H24FN5O5. The molecule has 0 aliphatic carbocycles. The number of hydrogen-bond donors (Lipinski definition) is 3. The molecule has 1 aromatic carbocycles. The van der Waals surface area contributed by atoms with Crippen molar-refractivity contribution in [3.63, 3.8) is 0 Å². The van der Waals surface area contributed by atoms with Crippen LogP contribution in [0.15, 0.2) is 29.1 Å². The molecular weight excluding hydrogens is 433 g/mol. The van der Waals surface area contributed by atoms with Crippen LogP contribution in [-0.4, -0.2) is 47.4 Å². The van der Waals surface area contributed by atoms with Crippen LogP contribution in [-0.2, 0) is 19.1 Å². The van der Waals surface area contributed by atoms with Gasteiger partial charge in [0.1, 0.15) is 11.6 Å². The summed E-state index contributed by atoms with van der Waals surface area (Å²) in [4.78, 5) is 59.1. The molecule has 2 unspecified atom stereocenters. The minimum Gasteiger partial charge on any atom is -0.466 e. The number of rotatable bonds is 5. The Hall–Kier alpha value is -3.76. The number of anilines is 3. The van der Waals surface area contributed by atoms with E-state index in [0.29, 0.717) is 25.9 Å². The Morgan fingerprint density at radius 3 is 2.91 bits per heavy atom. The number of carbonyl (C=O) groups is 3. The molecule has 0 radical (unpaired) electrons. The fraction of sp³-hybridized carbons (Fsp3) is 0.409. The zero-order chi connectivity index (χ0) is 23.5. The molecule has 2 aliphatic rings. The Kier molecular flexibility index (Phi) is 6.38. The maximum atomic E-state index is 13.5. The topological polar surface area (TPSA) is 133 Å². The second-order valence-electron chi connectivity index (χ2n) is 7.99. The number of H-pyrrole nitrogens is 1. The van der Waals surface area contributed by atoms with Crippen molar-refractivity contribution in [2.75, 3.05) is 35.2 Å². The van der Waals surface area contributed by atoms with Crippen LogP contribution in [0.5, 0.6) is 0 Å². The number of nitrogens with zero attached hydrogens (tertiary/aromatic N) is 2. The lowest BCUT2D eigenvalue weighted by molar-refractivity contribution is -0.148. The summed E-state index contributed by atoms with van der Waals surface area (Å²) >= 11 is 0. The molecule has 2 aliphatic heterocycles. The molecule has 0 spiro atoms. The van der Waals surface area contributed by atoms with Crippen LogP contribution in [0.25, 0.3) is 0 Å². The lowest BCUT2D eigenvalue weighted by Gasteiger charge is -2.32. The van der Waals surface area contributed by atoms with Crippen LogP contribution >= 0.6 is 0 Å². The molecule has 11 heteroatoms. The number of nitrogens with one attached hydrogen (secondary N) is 3. The van der Waals surface area contributed by atoms with Gasteiger partial charge in [0, 0.05) is 25.2 Å². The molecule has 2 aromatic rings. The summed E-state index contributed by atoms with van der Waals surface area (Å²) in [6, 6.07) is 5.33. The molecule has 4 rings (SSSR count). The van der Waals surface area contributed by atoms with Crippen LogP contribution < -0.4 is 21.1 Å². The standard InChI is InChI=1S/C22H24FN5O5/c1-2-33-21(32)12-5-4-8-28(11-12)22-26-18-17(20(31)27-22)15(10-16(29)25-18)19(30)24-14-7-3-6-13(23)9-14/h3,6-7,9,12,15H,2,4-5,8,10-11H2,1H3,(H,24,30)(H2,25,26,27,29,31). The molecule has 1 aromatic heterocycles. The quantitative estimate of drug-likeness (QED) is 0.583. The van der Waals surface area contributed by atoms with Crippen molar-refractivity contribution in [3.8, 4) is 0 Å². The van der Waals surface area contributed by atoms with Crippen molar-refractivity contribution >= 4 is 35.2 Å². The molecule has 3 N–H and O–H groups in total. The number of halogens is 1. The van der Waals surface area contributed by atoms with E-state index in [1.807, 2.05) is 0 Å². The van der Waals surface area contributed by atoms with Gasteiger partial charge >= 0.3 is 5.97 Å². The largest absolute Gasteiger partial charge is 0.466 e. The van der Waals surface area contributed by atoms with Crippen LogP contribution in [0.3, 0.4) is 0 Å². The van der Waals surface area contributed by atoms with E-state index in [4.69, 9.17) is 4.74 Å². The van der Waals surface area contributed by atoms with Gasteiger partial charge in [0.05, 0.1) is 24.0 Å². The van der Waals surface area contributed by atoms with Crippen LogP contribution in [0, 0.1) is 11.7 Å². The number of esters is 1. The first-order valence-electron chi connectivity index (χ1n) is 10.8. The van der Waals surface area contributed by atoms with E-state index in [-0.39, 0.29) is 47.9 Å². The van der Waals surface area contributed by atoms with Gasteiger partial charge in [-0.1, -0.05) is 6.07 Å². The minimum absolute atomic E-state index is 0.00245. The summed E-state index contributed by atoms with van der Waals surface area (Å²) in [6.45, 7) is 2.91. The van der Waals surface area contributed by atoms with Gasteiger partial charge in [0.25, 0.3) is 5.56 Å². The van der Waals surface area contributed by atoms with E-state index < -0.39 is 29.1 Å². The third-order valence-electron chi connectivity index (χ3n) is 5.69. The number of fused-ring (bicyclic) bond motifs is 1. The lowest BCUT2D eigenvalue weighted by Crippen LogP contribution is -2.42. The van der Waals surface area contributed by atoms with Gasteiger partial charge < -0.3 is 20.3 Å². The number of benzene rings is 1. The summed E-state index contributed by atoms with van der Waals surface area (Å²) in [5, 5.41) is 5.11. The second kappa shape index (κ2) is 9.39. The van der Waals surface area contributed by atoms with Crippen molar-refractivity contribution in [1.82, 2.24) is 9.97 Å². The first-order valence-corrected chi connectivity index (χ1v) is 10.8. The highest BCUT2D eigenvalue weighted by Gasteiger charge is 2.36. The number of aromatic amines is 1. The van der Waals surface area contributed by atoms with Crippen molar-refractivity contribution in [3.05, 3.63) is 46.0 Å². The van der Waals surface area contributed by atoms with E-state index in [2.05, 4.69) is 20.6 Å². The van der Waals surface area contributed by atoms with Crippen LogP contribution in [0.4, 0.5) is 21.8 Å². The number of carbonyl (C=O) groups excluding carboxylic acids is 3. The van der Waals surface area contributed by atoms with Gasteiger partial charge in [0.2, 0.25) is 17.8 Å². The smallest absolute Gasteiger partial charge is 0.310 e. The molecule has 33 heavy (non-hydrogen) atoms. The normalized spacial score (nSPS) is 19.9. The Morgan fingerprint density at radius 2 is 2.15 bits per heavy atom. The van der Waals surface area contributed by atoms with Gasteiger partial charge in [-0.05, 0) is 38.0 Å². The number of amides is 2. The lowest BCUT2D eigenvalue weighted by atomic mass is 9.92. The van der Waals surface area contributed by atoms with E-state index in [9.17, 15) is 23.6 Å². The average Bonchev–Trinajstić information content (AvgIpc) is 2.78. The van der Waals surface area contributed by atoms with E-state index in [0.717, 1.165) is 6.07 Å². The predicted molar refractivity (Wildman–Crippen MR) is 117 cm³/mol. The van der Waals surface area contributed by atoms with Gasteiger partial charge in [0.15, 0.2) is 0 Å². The van der Waals surface area contributed by atoms with Gasteiger partial charge in [-0.3, -0.25) is 24.2 Å². The SMILES string of the molecule is CCOC(=O)C1CCCN(c2nc3c(c(=O)[nH]2)C(C(=O)Nc2cccc(F)c2)CC(=O)N3)C1. The van der Waals surface area contributed by atoms with Gasteiger partial charge in [-0.15, -0.1) is 0 Å². The first kappa shape index (κ1) is 22.4. The highest BCUT2D eigenvalue weighted by molar-refractivity contribution is 6.04. The molecule has 0 saturated carbocycles. The highest BCUT2D eigenvalue weighted by atomic mass is 19.1. The summed E-state index contributed by atoms with van der Waals surface area (Å²) in [7, 11) is 0. The molecule has 2 atom stereocenters. The maximum absolute atomic E-state index is 13.5. The number of aromatic nitrogens is 2. The van der Waals surface area contributed by atoms with Crippen LogP contribution in [0.1, 0.15) is 37.7 Å². The molecule has 1 saturated heterocycles. The predicted octanol–water partition coefficient (Wildman–Crippen LogP) is 1.75. The summed E-state index contributed by atoms with van der Waals surface area (Å²) in [5.74, 6) is -3.13. The van der Waals surface area contributed by atoms with Crippen LogP contribution in [0.2, 0.25) is 0 Å². The Balaban J connectivity index is 1.59. The van der Waals surface area contributed by atoms with Gasteiger partial charge in [-0.2, -0.15) is 4.98 Å². The zero-order valence-electron chi connectivity index (χ0n) is 18.0. The average molecular weight is 457 g/mol. The van der Waals surface area contributed by atoms with E-state index in [1.165, 1.54) is 18.2 Å². The van der Waals surface area contributed by atoms with Crippen molar-refractivity contribution in [2.24, 2.45) is 5.92 Å². The van der Waals surface area contributed by atoms with E-state index in [1.54, 1.807) is 11.8 Å². The molecule has 2 amide bonds. The summed E-state index contributed by atoms with van der Waals surface area (Å²) in [6.07, 6.45) is 1.13. The first-order chi connectivity index (χ1) is 15.9. The monoisotopic (exact) mass is 457 g/mol. The van der Waals surface area contributed by atoms with Crippen molar-refractivity contribution in [1.29, 1.82) is 0 Å². The zero-order valence-corrected chi connectivity index (χ0v) is 18.0. The molecule has 174 valence electrons.